The highest BCUT2D eigenvalue weighted by molar-refractivity contribution is 4.97. The number of hydrogen-bond donors (Lipinski definition) is 1. The molecule has 0 aliphatic heterocycles. The molecular formula is C4H6N2O3. The predicted molar refractivity (Wildman–Crippen MR) is 31.8 cm³/mol. The third-order valence-corrected chi connectivity index (χ3v) is 0.771. The molecule has 0 heterocycles. The first-order valence-electron chi connectivity index (χ1n) is 2.26. The van der Waals surface area contributed by atoms with Crippen LogP contribution in [0.2, 0.25) is 0 Å². The van der Waals surface area contributed by atoms with Gasteiger partial charge in [-0.15, -0.1) is 4.91 Å². The van der Waals surface area contributed by atoms with E-state index in [2.05, 4.69) is 10.4 Å². The Kier molecular flexibility index (Phi) is 3.19. The first kappa shape index (κ1) is 7.74. The molecular weight excluding hydrogens is 124 g/mol. The van der Waals surface area contributed by atoms with Crippen molar-refractivity contribution in [2.45, 2.75) is 13.0 Å². The fraction of sp³-hybridized carbons (Fsp3) is 0.500. The van der Waals surface area contributed by atoms with E-state index in [-0.39, 0.29) is 0 Å². The SMILES string of the molecule is CC(N=O)/C(O)=C/N=O. The maximum absolute atomic E-state index is 9.63. The second kappa shape index (κ2) is 3.71. The number of hydrogen-bond acceptors (Lipinski definition) is 5. The lowest BCUT2D eigenvalue weighted by atomic mass is 10.3. The molecule has 0 amide bonds. The van der Waals surface area contributed by atoms with Gasteiger partial charge in [0.1, 0.15) is 18.0 Å². The summed E-state index contributed by atoms with van der Waals surface area (Å²) in [7, 11) is 0. The fourth-order valence-electron chi connectivity index (χ4n) is 0.216. The molecule has 0 radical (unpaired) electrons. The van der Waals surface area contributed by atoms with Crippen LogP contribution < -0.4 is 0 Å². The van der Waals surface area contributed by atoms with E-state index in [1.165, 1.54) is 6.92 Å². The summed E-state index contributed by atoms with van der Waals surface area (Å²) < 4.78 is 0. The van der Waals surface area contributed by atoms with Gasteiger partial charge in [0.2, 0.25) is 0 Å². The Balaban J connectivity index is 3.99. The van der Waals surface area contributed by atoms with Gasteiger partial charge in [-0.2, -0.15) is 4.91 Å². The van der Waals surface area contributed by atoms with Gasteiger partial charge in [0, 0.05) is 0 Å². The fourth-order valence-corrected chi connectivity index (χ4v) is 0.216. The van der Waals surface area contributed by atoms with Crippen LogP contribution in [0.3, 0.4) is 0 Å². The van der Waals surface area contributed by atoms with Crippen LogP contribution in [0.1, 0.15) is 6.92 Å². The maximum atomic E-state index is 9.63. The number of nitrogens with zero attached hydrogens (tertiary/aromatic N) is 2. The minimum Gasteiger partial charge on any atom is -0.508 e. The minimum absolute atomic E-state index is 0.417. The van der Waals surface area contributed by atoms with E-state index in [9.17, 15) is 9.81 Å². The van der Waals surface area contributed by atoms with Crippen LogP contribution in [-0.2, 0) is 0 Å². The Hall–Kier alpha value is -1.26. The zero-order valence-corrected chi connectivity index (χ0v) is 4.81. The standard InChI is InChI=1S/C4H6N2O3/c1-3(6-9)4(7)2-5-8/h2-3,7H,1H3/b4-2-. The minimum atomic E-state index is -0.886. The van der Waals surface area contributed by atoms with Gasteiger partial charge in [0.25, 0.3) is 0 Å². The summed E-state index contributed by atoms with van der Waals surface area (Å²) in [6.07, 6.45) is 0.645. The van der Waals surface area contributed by atoms with E-state index < -0.39 is 11.8 Å². The summed E-state index contributed by atoms with van der Waals surface area (Å²) in [6.45, 7) is 1.35. The highest BCUT2D eigenvalue weighted by Gasteiger charge is 2.04. The molecule has 0 aromatic rings. The molecule has 0 aliphatic rings. The highest BCUT2D eigenvalue weighted by Crippen LogP contribution is 2.00. The molecule has 0 saturated heterocycles. The number of aliphatic hydroxyl groups is 1. The molecule has 50 valence electrons. The van der Waals surface area contributed by atoms with E-state index >= 15 is 0 Å². The van der Waals surface area contributed by atoms with E-state index in [1.807, 2.05) is 0 Å². The summed E-state index contributed by atoms with van der Waals surface area (Å²) in [4.78, 5) is 19.0. The second-order valence-electron chi connectivity index (χ2n) is 1.44. The van der Waals surface area contributed by atoms with Crippen LogP contribution in [0.5, 0.6) is 0 Å². The van der Waals surface area contributed by atoms with Crippen LogP contribution in [-0.4, -0.2) is 11.1 Å². The Morgan fingerprint density at radius 2 is 2.22 bits per heavy atom. The Morgan fingerprint density at radius 3 is 2.56 bits per heavy atom. The molecule has 1 atom stereocenters. The average Bonchev–Trinajstić information content (AvgIpc) is 1.87. The lowest BCUT2D eigenvalue weighted by Crippen LogP contribution is -1.99. The van der Waals surface area contributed by atoms with Crippen LogP contribution in [0.15, 0.2) is 22.3 Å². The second-order valence-corrected chi connectivity index (χ2v) is 1.44. The van der Waals surface area contributed by atoms with Gasteiger partial charge in [0.05, 0.1) is 0 Å². The van der Waals surface area contributed by atoms with Crippen molar-refractivity contribution in [2.24, 2.45) is 10.4 Å². The zero-order valence-electron chi connectivity index (χ0n) is 4.81. The van der Waals surface area contributed by atoms with Crippen LogP contribution in [0.4, 0.5) is 0 Å². The third kappa shape index (κ3) is 2.53. The molecule has 1 N–H and O–H groups in total. The maximum Gasteiger partial charge on any atom is 0.147 e. The van der Waals surface area contributed by atoms with Crippen molar-refractivity contribution < 1.29 is 5.11 Å². The van der Waals surface area contributed by atoms with Crippen molar-refractivity contribution in [3.8, 4) is 0 Å². The molecule has 9 heavy (non-hydrogen) atoms. The molecule has 0 spiro atoms. The topological polar surface area (TPSA) is 79.1 Å². The van der Waals surface area contributed by atoms with E-state index in [0.717, 1.165) is 0 Å². The summed E-state index contributed by atoms with van der Waals surface area (Å²) in [5.74, 6) is -0.417. The summed E-state index contributed by atoms with van der Waals surface area (Å²) in [5, 5.41) is 13.3. The molecule has 0 fully saturated rings. The van der Waals surface area contributed by atoms with E-state index in [4.69, 9.17) is 5.11 Å². The molecule has 0 rings (SSSR count). The van der Waals surface area contributed by atoms with Gasteiger partial charge in [-0.3, -0.25) is 0 Å². The first-order chi connectivity index (χ1) is 4.22. The Bertz CT molecular complexity index is 143. The Labute approximate surface area is 51.3 Å². The molecule has 0 aromatic heterocycles. The summed E-state index contributed by atoms with van der Waals surface area (Å²) in [6, 6.07) is -0.886. The lowest BCUT2D eigenvalue weighted by molar-refractivity contribution is 0.373. The quantitative estimate of drug-likeness (QED) is 0.462. The summed E-state index contributed by atoms with van der Waals surface area (Å²) in [5.41, 5.74) is 0. The third-order valence-electron chi connectivity index (χ3n) is 0.771. The van der Waals surface area contributed by atoms with Gasteiger partial charge >= 0.3 is 0 Å². The van der Waals surface area contributed by atoms with Crippen molar-refractivity contribution >= 4 is 0 Å². The molecule has 1 unspecified atom stereocenters. The normalized spacial score (nSPS) is 14.6. The first-order valence-corrected chi connectivity index (χ1v) is 2.26. The molecule has 0 bridgehead atoms. The Morgan fingerprint density at radius 1 is 1.67 bits per heavy atom. The van der Waals surface area contributed by atoms with Gasteiger partial charge in [-0.25, -0.2) is 0 Å². The lowest BCUT2D eigenvalue weighted by Gasteiger charge is -1.95. The van der Waals surface area contributed by atoms with Crippen LogP contribution in [0, 0.1) is 9.81 Å². The van der Waals surface area contributed by atoms with Crippen molar-refractivity contribution in [3.63, 3.8) is 0 Å². The molecule has 0 aliphatic carbocycles. The number of nitroso groups, excluding NO2 is 2. The number of rotatable bonds is 3. The predicted octanol–water partition coefficient (Wildman–Crippen LogP) is 1.31. The van der Waals surface area contributed by atoms with E-state index in [0.29, 0.717) is 6.20 Å². The van der Waals surface area contributed by atoms with Gasteiger partial charge < -0.3 is 5.11 Å². The van der Waals surface area contributed by atoms with E-state index in [1.54, 1.807) is 0 Å². The molecule has 0 saturated carbocycles. The highest BCUT2D eigenvalue weighted by atomic mass is 16.3. The smallest absolute Gasteiger partial charge is 0.147 e. The van der Waals surface area contributed by atoms with Gasteiger partial charge in [0.15, 0.2) is 0 Å². The summed E-state index contributed by atoms with van der Waals surface area (Å²) >= 11 is 0. The molecule has 0 aromatic carbocycles. The monoisotopic (exact) mass is 130 g/mol. The van der Waals surface area contributed by atoms with Gasteiger partial charge in [-0.05, 0) is 12.1 Å². The zero-order chi connectivity index (χ0) is 7.28. The van der Waals surface area contributed by atoms with Crippen molar-refractivity contribution in [3.05, 3.63) is 21.8 Å². The molecule has 5 nitrogen and oxygen atoms in total. The largest absolute Gasteiger partial charge is 0.508 e. The van der Waals surface area contributed by atoms with Crippen LogP contribution in [0.25, 0.3) is 0 Å². The van der Waals surface area contributed by atoms with Crippen molar-refractivity contribution in [1.29, 1.82) is 0 Å². The average molecular weight is 130 g/mol. The number of aliphatic hydroxyl groups excluding tert-OH is 1. The van der Waals surface area contributed by atoms with Crippen LogP contribution >= 0.6 is 0 Å². The van der Waals surface area contributed by atoms with Crippen molar-refractivity contribution in [1.82, 2.24) is 0 Å². The van der Waals surface area contributed by atoms with Crippen molar-refractivity contribution in [2.75, 3.05) is 0 Å². The van der Waals surface area contributed by atoms with Gasteiger partial charge in [-0.1, -0.05) is 5.18 Å². The molecule has 5 heteroatoms.